The van der Waals surface area contributed by atoms with Crippen LogP contribution in [0.1, 0.15) is 22.8 Å². The molecule has 0 saturated carbocycles. The average molecular weight is 249 g/mol. The van der Waals surface area contributed by atoms with Gasteiger partial charge in [-0.15, -0.1) is 0 Å². The highest BCUT2D eigenvalue weighted by atomic mass is 32.2. The lowest BCUT2D eigenvalue weighted by Crippen LogP contribution is -2.43. The van der Waals surface area contributed by atoms with Crippen LogP contribution in [0.3, 0.4) is 0 Å². The molecule has 1 aromatic rings. The Hall–Kier alpha value is -0.800. The van der Waals surface area contributed by atoms with Crippen molar-refractivity contribution >= 4 is 17.5 Å². The number of rotatable bonds is 3. The molecule has 0 radical (unpaired) electrons. The zero-order valence-electron chi connectivity index (χ0n) is 10.5. The number of thioether (sulfide) groups is 1. The number of benzene rings is 1. The molecule has 0 aliphatic carbocycles. The van der Waals surface area contributed by atoms with Crippen molar-refractivity contribution in [3.63, 3.8) is 0 Å². The third-order valence-corrected chi connectivity index (χ3v) is 4.49. The summed E-state index contributed by atoms with van der Waals surface area (Å²) in [5.41, 5.74) is 1.95. The Kier molecular flexibility index (Phi) is 4.24. The van der Waals surface area contributed by atoms with Crippen LogP contribution in [0.25, 0.3) is 0 Å². The van der Waals surface area contributed by atoms with Crippen molar-refractivity contribution in [2.75, 3.05) is 24.6 Å². The van der Waals surface area contributed by atoms with Gasteiger partial charge in [-0.2, -0.15) is 11.8 Å². The Morgan fingerprint density at radius 1 is 1.47 bits per heavy atom. The molecule has 1 fully saturated rings. The summed E-state index contributed by atoms with van der Waals surface area (Å²) >= 11 is 1.98. The van der Waals surface area contributed by atoms with E-state index in [9.17, 15) is 4.79 Å². The molecule has 1 heterocycles. The second kappa shape index (κ2) is 5.69. The fraction of sp³-hybridized carbons (Fsp3) is 0.500. The number of hydrogen-bond donors (Lipinski definition) is 0. The molecule has 1 aliphatic rings. The largest absolute Gasteiger partial charge is 0.293 e. The number of nitrogens with zero attached hydrogens (tertiary/aromatic N) is 1. The smallest absolute Gasteiger partial charge is 0.177 e. The lowest BCUT2D eigenvalue weighted by atomic mass is 10.0. The third kappa shape index (κ3) is 3.11. The van der Waals surface area contributed by atoms with Gasteiger partial charge >= 0.3 is 0 Å². The molecule has 92 valence electrons. The second-order valence-corrected chi connectivity index (χ2v) is 5.78. The Labute approximate surface area is 107 Å². The van der Waals surface area contributed by atoms with Gasteiger partial charge in [-0.3, -0.25) is 9.69 Å². The van der Waals surface area contributed by atoms with Gasteiger partial charge in [-0.1, -0.05) is 24.3 Å². The predicted molar refractivity (Wildman–Crippen MR) is 73.9 cm³/mol. The predicted octanol–water partition coefficient (Wildman–Crippen LogP) is 2.62. The Balaban J connectivity index is 2.04. The molecule has 3 heteroatoms. The van der Waals surface area contributed by atoms with Crippen LogP contribution in [0.4, 0.5) is 0 Å². The van der Waals surface area contributed by atoms with Gasteiger partial charge in [-0.25, -0.2) is 0 Å². The molecule has 1 saturated heterocycles. The van der Waals surface area contributed by atoms with Crippen molar-refractivity contribution in [3.8, 4) is 0 Å². The molecule has 1 aromatic carbocycles. The Morgan fingerprint density at radius 3 is 2.94 bits per heavy atom. The highest BCUT2D eigenvalue weighted by Gasteiger charge is 2.21. The maximum absolute atomic E-state index is 12.2. The summed E-state index contributed by atoms with van der Waals surface area (Å²) in [5, 5.41) is 0. The van der Waals surface area contributed by atoms with Crippen LogP contribution in [-0.4, -0.2) is 41.3 Å². The van der Waals surface area contributed by atoms with Crippen LogP contribution in [-0.2, 0) is 0 Å². The first-order chi connectivity index (χ1) is 8.18. The van der Waals surface area contributed by atoms with E-state index in [1.807, 2.05) is 43.0 Å². The second-order valence-electron chi connectivity index (χ2n) is 4.63. The topological polar surface area (TPSA) is 20.3 Å². The minimum absolute atomic E-state index is 0.252. The summed E-state index contributed by atoms with van der Waals surface area (Å²) in [4.78, 5) is 14.5. The minimum Gasteiger partial charge on any atom is -0.293 e. The lowest BCUT2D eigenvalue weighted by Gasteiger charge is -2.32. The molecular formula is C14H19NOS. The average Bonchev–Trinajstić information content (AvgIpc) is 2.32. The highest BCUT2D eigenvalue weighted by molar-refractivity contribution is 7.99. The van der Waals surface area contributed by atoms with E-state index in [2.05, 4.69) is 11.8 Å². The number of carbonyl (C=O) groups is 1. The molecule has 1 unspecified atom stereocenters. The molecule has 0 N–H and O–H groups in total. The maximum Gasteiger partial charge on any atom is 0.177 e. The first kappa shape index (κ1) is 12.7. The van der Waals surface area contributed by atoms with Crippen LogP contribution in [0.15, 0.2) is 24.3 Å². The summed E-state index contributed by atoms with van der Waals surface area (Å²) < 4.78 is 0. The summed E-state index contributed by atoms with van der Waals surface area (Å²) in [6, 6.07) is 8.37. The molecular weight excluding hydrogens is 230 g/mol. The van der Waals surface area contributed by atoms with Crippen molar-refractivity contribution in [2.24, 2.45) is 0 Å². The third-order valence-electron chi connectivity index (χ3n) is 3.30. The Morgan fingerprint density at radius 2 is 2.24 bits per heavy atom. The van der Waals surface area contributed by atoms with Gasteiger partial charge in [0.2, 0.25) is 0 Å². The van der Waals surface area contributed by atoms with Gasteiger partial charge in [0.1, 0.15) is 0 Å². The van der Waals surface area contributed by atoms with Crippen molar-refractivity contribution in [2.45, 2.75) is 19.9 Å². The van der Waals surface area contributed by atoms with E-state index in [4.69, 9.17) is 0 Å². The number of ketones is 1. The zero-order valence-corrected chi connectivity index (χ0v) is 11.3. The molecule has 0 aromatic heterocycles. The van der Waals surface area contributed by atoms with Crippen LogP contribution in [0, 0.1) is 6.92 Å². The van der Waals surface area contributed by atoms with Crippen LogP contribution in [0.2, 0.25) is 0 Å². The maximum atomic E-state index is 12.2. The Bertz CT molecular complexity index is 405. The van der Waals surface area contributed by atoms with Gasteiger partial charge in [0.15, 0.2) is 5.78 Å². The van der Waals surface area contributed by atoms with Crippen LogP contribution < -0.4 is 0 Å². The van der Waals surface area contributed by atoms with Gasteiger partial charge in [0.05, 0.1) is 6.54 Å². The number of carbonyl (C=O) groups excluding carboxylic acids is 1. The summed E-state index contributed by atoms with van der Waals surface area (Å²) in [6.45, 7) is 5.80. The molecule has 2 rings (SSSR count). The molecule has 0 amide bonds. The first-order valence-electron chi connectivity index (χ1n) is 6.09. The van der Waals surface area contributed by atoms with Crippen molar-refractivity contribution in [1.29, 1.82) is 0 Å². The number of hydrogen-bond acceptors (Lipinski definition) is 3. The molecule has 17 heavy (non-hydrogen) atoms. The summed E-state index contributed by atoms with van der Waals surface area (Å²) in [6.07, 6.45) is 0. The van der Waals surface area contributed by atoms with Gasteiger partial charge in [-0.05, 0) is 19.4 Å². The van der Waals surface area contributed by atoms with E-state index in [-0.39, 0.29) is 5.78 Å². The summed E-state index contributed by atoms with van der Waals surface area (Å²) in [5.74, 6) is 2.54. The van der Waals surface area contributed by atoms with Crippen molar-refractivity contribution in [1.82, 2.24) is 4.90 Å². The first-order valence-corrected chi connectivity index (χ1v) is 7.24. The molecule has 2 nitrogen and oxygen atoms in total. The van der Waals surface area contributed by atoms with Gasteiger partial charge in [0, 0.05) is 29.7 Å². The van der Waals surface area contributed by atoms with E-state index in [1.54, 1.807) is 0 Å². The molecule has 0 bridgehead atoms. The number of aryl methyl sites for hydroxylation is 1. The van der Waals surface area contributed by atoms with E-state index in [0.29, 0.717) is 12.6 Å². The SMILES string of the molecule is Cc1ccccc1C(=O)CN1CCSCC1C. The normalized spacial score (nSPS) is 21.4. The monoisotopic (exact) mass is 249 g/mol. The van der Waals surface area contributed by atoms with Gasteiger partial charge in [0.25, 0.3) is 0 Å². The lowest BCUT2D eigenvalue weighted by molar-refractivity contribution is 0.0910. The minimum atomic E-state index is 0.252. The highest BCUT2D eigenvalue weighted by Crippen LogP contribution is 2.17. The van der Waals surface area contributed by atoms with Crippen molar-refractivity contribution < 1.29 is 4.79 Å². The fourth-order valence-electron chi connectivity index (χ4n) is 2.15. The van der Waals surface area contributed by atoms with E-state index in [1.165, 1.54) is 0 Å². The standard InChI is InChI=1S/C14H19NOS/c1-11-5-3-4-6-13(11)14(16)9-15-7-8-17-10-12(15)2/h3-6,12H,7-10H2,1-2H3. The van der Waals surface area contributed by atoms with Crippen LogP contribution >= 0.6 is 11.8 Å². The fourth-order valence-corrected chi connectivity index (χ4v) is 3.23. The zero-order chi connectivity index (χ0) is 12.3. The van der Waals surface area contributed by atoms with Gasteiger partial charge < -0.3 is 0 Å². The van der Waals surface area contributed by atoms with Crippen LogP contribution in [0.5, 0.6) is 0 Å². The summed E-state index contributed by atoms with van der Waals surface area (Å²) in [7, 11) is 0. The quantitative estimate of drug-likeness (QED) is 0.768. The number of Topliss-reactive ketones (excluding diaryl/α,β-unsaturated/α-hetero) is 1. The van der Waals surface area contributed by atoms with Crippen molar-refractivity contribution in [3.05, 3.63) is 35.4 Å². The molecule has 1 aliphatic heterocycles. The van der Waals surface area contributed by atoms with E-state index in [0.717, 1.165) is 29.2 Å². The molecule has 0 spiro atoms. The van der Waals surface area contributed by atoms with E-state index >= 15 is 0 Å². The molecule has 1 atom stereocenters. The van der Waals surface area contributed by atoms with E-state index < -0.39 is 0 Å².